The van der Waals surface area contributed by atoms with Gasteiger partial charge < -0.3 is 14.1 Å². The van der Waals surface area contributed by atoms with Crippen molar-refractivity contribution in [3.05, 3.63) is 46.6 Å². The number of imidazole rings is 1. The van der Waals surface area contributed by atoms with Crippen LogP contribution in [0.2, 0.25) is 0 Å². The highest BCUT2D eigenvalue weighted by molar-refractivity contribution is 8.18. The highest BCUT2D eigenvalue weighted by Crippen LogP contribution is 2.35. The fourth-order valence-corrected chi connectivity index (χ4v) is 4.68. The Balaban J connectivity index is 1.49. The number of imide groups is 1. The number of thioether (sulfide) groups is 1. The van der Waals surface area contributed by atoms with Gasteiger partial charge in [-0.15, -0.1) is 0 Å². The van der Waals surface area contributed by atoms with Gasteiger partial charge in [0.15, 0.2) is 10.2 Å². The molecule has 0 bridgehead atoms. The second-order valence-electron chi connectivity index (χ2n) is 6.80. The molecule has 1 atom stereocenters. The number of furan rings is 1. The number of benzene rings is 1. The molecule has 2 aromatic heterocycles. The van der Waals surface area contributed by atoms with E-state index < -0.39 is 23.2 Å². The summed E-state index contributed by atoms with van der Waals surface area (Å²) in [6.07, 6.45) is 1.49. The van der Waals surface area contributed by atoms with Gasteiger partial charge in [-0.05, 0) is 74.1 Å². The zero-order valence-electron chi connectivity index (χ0n) is 17.0. The van der Waals surface area contributed by atoms with Gasteiger partial charge in [-0.2, -0.15) is 0 Å². The van der Waals surface area contributed by atoms with Crippen molar-refractivity contribution < 1.29 is 23.5 Å². The van der Waals surface area contributed by atoms with E-state index in [-0.39, 0.29) is 11.5 Å². The van der Waals surface area contributed by atoms with E-state index in [0.717, 1.165) is 33.3 Å². The van der Waals surface area contributed by atoms with Gasteiger partial charge >= 0.3 is 5.97 Å². The molecule has 1 fully saturated rings. The van der Waals surface area contributed by atoms with Crippen molar-refractivity contribution in [1.82, 2.24) is 14.9 Å². The molecule has 4 rings (SSSR count). The molecule has 1 aromatic carbocycles. The number of aromatic amines is 1. The molecule has 8 nitrogen and oxygen atoms in total. The van der Waals surface area contributed by atoms with Crippen LogP contribution in [0.4, 0.5) is 4.79 Å². The van der Waals surface area contributed by atoms with Crippen LogP contribution in [0.15, 0.2) is 49.9 Å². The van der Waals surface area contributed by atoms with Crippen LogP contribution in [-0.4, -0.2) is 44.6 Å². The predicted octanol–water partition coefficient (Wildman–Crippen LogP) is 4.60. The zero-order chi connectivity index (χ0) is 22.1. The van der Waals surface area contributed by atoms with Crippen LogP contribution in [0.1, 0.15) is 25.2 Å². The summed E-state index contributed by atoms with van der Waals surface area (Å²) < 4.78 is 10.7. The number of nitrogens with zero attached hydrogens (tertiary/aromatic N) is 2. The third-order valence-electron chi connectivity index (χ3n) is 4.53. The summed E-state index contributed by atoms with van der Waals surface area (Å²) in [5.41, 5.74) is 2.95. The summed E-state index contributed by atoms with van der Waals surface area (Å²) in [6, 6.07) is 8.45. The fraction of sp³-hybridized carbons (Fsp3) is 0.238. The van der Waals surface area contributed by atoms with E-state index in [1.54, 1.807) is 19.1 Å². The average Bonchev–Trinajstić information content (AvgIpc) is 3.40. The number of hydrogen-bond acceptors (Lipinski definition) is 8. The molecule has 31 heavy (non-hydrogen) atoms. The zero-order valence-corrected chi connectivity index (χ0v) is 18.6. The first kappa shape index (κ1) is 21.3. The van der Waals surface area contributed by atoms with E-state index in [1.807, 2.05) is 25.1 Å². The molecule has 160 valence electrons. The Morgan fingerprint density at radius 2 is 2.16 bits per heavy atom. The number of H-pyrrole nitrogens is 1. The molecule has 10 heteroatoms. The number of aryl methyl sites for hydroxylation is 1. The molecule has 1 saturated heterocycles. The lowest BCUT2D eigenvalue weighted by Crippen LogP contribution is -2.42. The van der Waals surface area contributed by atoms with Crippen molar-refractivity contribution in [3.8, 4) is 0 Å². The number of fused-ring (bicyclic) bond motifs is 1. The smallest absolute Gasteiger partial charge is 0.329 e. The summed E-state index contributed by atoms with van der Waals surface area (Å²) in [5, 5.41) is 0.752. The van der Waals surface area contributed by atoms with E-state index in [2.05, 4.69) is 9.97 Å². The van der Waals surface area contributed by atoms with Crippen molar-refractivity contribution in [2.75, 3.05) is 6.61 Å². The second-order valence-corrected chi connectivity index (χ2v) is 8.79. The largest absolute Gasteiger partial charge is 0.464 e. The third-order valence-corrected chi connectivity index (χ3v) is 6.22. The number of carbonyl (C=O) groups is 3. The summed E-state index contributed by atoms with van der Waals surface area (Å²) in [5.74, 6) is -0.749. The van der Waals surface area contributed by atoms with E-state index >= 15 is 0 Å². The number of rotatable bonds is 6. The topological polar surface area (TPSA) is 106 Å². The molecule has 0 radical (unpaired) electrons. The average molecular weight is 458 g/mol. The molecule has 3 heterocycles. The minimum absolute atomic E-state index is 0.174. The van der Waals surface area contributed by atoms with Crippen molar-refractivity contribution in [1.29, 1.82) is 0 Å². The van der Waals surface area contributed by atoms with Crippen LogP contribution >= 0.6 is 23.5 Å². The maximum Gasteiger partial charge on any atom is 0.329 e. The number of aromatic nitrogens is 2. The lowest BCUT2D eigenvalue weighted by molar-refractivity contribution is -0.150. The van der Waals surface area contributed by atoms with Crippen molar-refractivity contribution in [2.45, 2.75) is 37.1 Å². The maximum atomic E-state index is 12.6. The second kappa shape index (κ2) is 8.64. The Hall–Kier alpha value is -2.98. The minimum Gasteiger partial charge on any atom is -0.464 e. The maximum absolute atomic E-state index is 12.6. The van der Waals surface area contributed by atoms with Crippen LogP contribution in [0.25, 0.3) is 17.1 Å². The standard InChI is InChI=1S/C21H19N3O5S2/c1-4-28-19(26)12(3)24-18(25)16(30-21(24)27)10-13-6-8-17(29-13)31-20-22-14-7-5-11(2)9-15(14)23-20/h5-10,12H,4H2,1-3H3,(H,22,23)/b16-10+/t12-/m0/s1. The Labute approximate surface area is 186 Å². The number of ether oxygens (including phenoxy) is 1. The first-order chi connectivity index (χ1) is 14.9. The lowest BCUT2D eigenvalue weighted by atomic mass is 10.2. The molecule has 0 saturated carbocycles. The molecule has 1 N–H and O–H groups in total. The Bertz CT molecular complexity index is 1210. The molecule has 3 aromatic rings. The van der Waals surface area contributed by atoms with Gasteiger partial charge in [-0.1, -0.05) is 6.07 Å². The highest BCUT2D eigenvalue weighted by Gasteiger charge is 2.41. The van der Waals surface area contributed by atoms with Gasteiger partial charge in [0.2, 0.25) is 0 Å². The van der Waals surface area contributed by atoms with Crippen molar-refractivity contribution in [3.63, 3.8) is 0 Å². The number of esters is 1. The molecular formula is C21H19N3O5S2. The fourth-order valence-electron chi connectivity index (χ4n) is 3.02. The normalized spacial score (nSPS) is 16.5. The quantitative estimate of drug-likeness (QED) is 0.423. The van der Waals surface area contributed by atoms with Gasteiger partial charge in [0, 0.05) is 6.08 Å². The molecule has 0 unspecified atom stereocenters. The molecule has 1 aliphatic heterocycles. The first-order valence-corrected chi connectivity index (χ1v) is 11.2. The van der Waals surface area contributed by atoms with Gasteiger partial charge in [-0.25, -0.2) is 9.78 Å². The summed E-state index contributed by atoms with van der Waals surface area (Å²) >= 11 is 2.08. The van der Waals surface area contributed by atoms with Gasteiger partial charge in [0.25, 0.3) is 11.1 Å². The number of nitrogens with one attached hydrogen (secondary N) is 1. The van der Waals surface area contributed by atoms with Crippen LogP contribution in [0.3, 0.4) is 0 Å². The van der Waals surface area contributed by atoms with Crippen LogP contribution in [-0.2, 0) is 14.3 Å². The Morgan fingerprint density at radius 1 is 1.35 bits per heavy atom. The van der Waals surface area contributed by atoms with Crippen LogP contribution in [0, 0.1) is 6.92 Å². The van der Waals surface area contributed by atoms with Crippen LogP contribution < -0.4 is 0 Å². The number of amides is 2. The lowest BCUT2D eigenvalue weighted by Gasteiger charge is -2.19. The van der Waals surface area contributed by atoms with E-state index in [9.17, 15) is 14.4 Å². The summed E-state index contributed by atoms with van der Waals surface area (Å²) in [7, 11) is 0. The molecule has 0 spiro atoms. The Kier molecular flexibility index (Phi) is 5.92. The van der Waals surface area contributed by atoms with Crippen molar-refractivity contribution in [2.24, 2.45) is 0 Å². The predicted molar refractivity (Wildman–Crippen MR) is 118 cm³/mol. The SMILES string of the molecule is CCOC(=O)[C@H](C)N1C(=O)S/C(=C/c2ccc(Sc3nc4ccc(C)cc4[nH]3)o2)C1=O. The van der Waals surface area contributed by atoms with Crippen molar-refractivity contribution >= 4 is 57.7 Å². The molecule has 0 aliphatic carbocycles. The summed E-state index contributed by atoms with van der Waals surface area (Å²) in [4.78, 5) is 45.7. The molecule has 2 amide bonds. The minimum atomic E-state index is -0.988. The number of hydrogen-bond donors (Lipinski definition) is 1. The summed E-state index contributed by atoms with van der Waals surface area (Å²) in [6.45, 7) is 5.32. The number of carbonyl (C=O) groups excluding carboxylic acids is 3. The van der Waals surface area contributed by atoms with Gasteiger partial charge in [-0.3, -0.25) is 14.5 Å². The van der Waals surface area contributed by atoms with E-state index in [0.29, 0.717) is 16.0 Å². The van der Waals surface area contributed by atoms with Crippen LogP contribution in [0.5, 0.6) is 0 Å². The van der Waals surface area contributed by atoms with Gasteiger partial charge in [0.1, 0.15) is 11.8 Å². The third kappa shape index (κ3) is 4.40. The first-order valence-electron chi connectivity index (χ1n) is 9.53. The Morgan fingerprint density at radius 3 is 2.94 bits per heavy atom. The monoisotopic (exact) mass is 457 g/mol. The van der Waals surface area contributed by atoms with Gasteiger partial charge in [0.05, 0.1) is 22.5 Å². The van der Waals surface area contributed by atoms with E-state index in [4.69, 9.17) is 9.15 Å². The molecule has 1 aliphatic rings. The molecular weight excluding hydrogens is 438 g/mol. The highest BCUT2D eigenvalue weighted by atomic mass is 32.2. The van der Waals surface area contributed by atoms with E-state index in [1.165, 1.54) is 24.8 Å².